The molecule has 1 spiro atoms. The Kier molecular flexibility index (Phi) is 6.95. The molecule has 2 aliphatic rings. The highest BCUT2D eigenvalue weighted by Gasteiger charge is 2.49. The van der Waals surface area contributed by atoms with E-state index in [2.05, 4.69) is 20.1 Å². The first-order chi connectivity index (χ1) is 15.1. The highest BCUT2D eigenvalue weighted by Crippen LogP contribution is 2.41. The molecule has 1 unspecified atom stereocenters. The summed E-state index contributed by atoms with van der Waals surface area (Å²) < 4.78 is 31.7. The van der Waals surface area contributed by atoms with Crippen molar-refractivity contribution in [2.75, 3.05) is 24.5 Å². The number of carbonyl (C=O) groups excluding carboxylic acids is 1. The molecule has 0 bridgehead atoms. The summed E-state index contributed by atoms with van der Waals surface area (Å²) in [5, 5.41) is 15.6. The lowest BCUT2D eigenvalue weighted by Gasteiger charge is -2.39. The lowest BCUT2D eigenvalue weighted by molar-refractivity contribution is -0.192. The Morgan fingerprint density at radius 2 is 1.81 bits per heavy atom. The number of aromatic nitrogens is 3. The molecule has 8 nitrogen and oxygen atoms in total. The Morgan fingerprint density at radius 1 is 1.12 bits per heavy atom. The highest BCUT2D eigenvalue weighted by molar-refractivity contribution is 5.85. The number of anilines is 1. The van der Waals surface area contributed by atoms with Crippen molar-refractivity contribution >= 4 is 17.7 Å². The standard InChI is InChI=1S/C19H23N5O.C2HF3O2/c1-15-3-4-17(22-21-15)24-11-2-7-19(14-24)8-12-23(18(19)25)13-16-5-9-20-10-6-16;3-2(4,5)1(6)7/h3-6,9-10H,2,7-8,11-14H2,1H3;(H,6,7). The monoisotopic (exact) mass is 451 g/mol. The van der Waals surface area contributed by atoms with Crippen LogP contribution < -0.4 is 4.90 Å². The molecule has 4 rings (SSSR count). The third-order valence-electron chi connectivity index (χ3n) is 5.65. The van der Waals surface area contributed by atoms with E-state index in [0.29, 0.717) is 6.54 Å². The van der Waals surface area contributed by atoms with Crippen LogP contribution >= 0.6 is 0 Å². The number of carboxylic acids is 1. The maximum atomic E-state index is 13.2. The second-order valence-corrected chi connectivity index (χ2v) is 7.97. The summed E-state index contributed by atoms with van der Waals surface area (Å²) in [6.07, 6.45) is 1.39. The lowest BCUT2D eigenvalue weighted by Crippen LogP contribution is -2.48. The molecule has 0 saturated carbocycles. The fraction of sp³-hybridized carbons (Fsp3) is 0.476. The summed E-state index contributed by atoms with van der Waals surface area (Å²) in [4.78, 5) is 30.3. The van der Waals surface area contributed by atoms with Gasteiger partial charge in [0.25, 0.3) is 0 Å². The number of halogens is 3. The average molecular weight is 451 g/mol. The summed E-state index contributed by atoms with van der Waals surface area (Å²) in [5.41, 5.74) is 1.78. The highest BCUT2D eigenvalue weighted by atomic mass is 19.4. The molecule has 4 heterocycles. The van der Waals surface area contributed by atoms with Gasteiger partial charge in [-0.2, -0.15) is 18.3 Å². The molecule has 2 aliphatic heterocycles. The smallest absolute Gasteiger partial charge is 0.475 e. The Labute approximate surface area is 183 Å². The third kappa shape index (κ3) is 5.51. The van der Waals surface area contributed by atoms with Crippen LogP contribution in [0.5, 0.6) is 0 Å². The number of rotatable bonds is 3. The topological polar surface area (TPSA) is 99.5 Å². The summed E-state index contributed by atoms with van der Waals surface area (Å²) in [7, 11) is 0. The molecule has 2 fully saturated rings. The van der Waals surface area contributed by atoms with E-state index in [0.717, 1.165) is 56.0 Å². The molecule has 11 heteroatoms. The van der Waals surface area contributed by atoms with Gasteiger partial charge in [-0.15, -0.1) is 5.10 Å². The predicted octanol–water partition coefficient (Wildman–Crippen LogP) is 2.83. The molecular weight excluding hydrogens is 427 g/mol. The first-order valence-electron chi connectivity index (χ1n) is 10.1. The molecule has 2 aromatic heterocycles. The van der Waals surface area contributed by atoms with E-state index in [9.17, 15) is 18.0 Å². The minimum Gasteiger partial charge on any atom is -0.475 e. The van der Waals surface area contributed by atoms with Crippen LogP contribution in [-0.2, 0) is 16.1 Å². The number of nitrogens with zero attached hydrogens (tertiary/aromatic N) is 5. The minimum absolute atomic E-state index is 0.266. The van der Waals surface area contributed by atoms with Crippen LogP contribution in [0.1, 0.15) is 30.5 Å². The SMILES string of the molecule is Cc1ccc(N2CCCC3(CCN(Cc4ccncc4)C3=O)C2)nn1.O=C(O)C(F)(F)F. The van der Waals surface area contributed by atoms with Crippen molar-refractivity contribution in [1.82, 2.24) is 20.1 Å². The quantitative estimate of drug-likeness (QED) is 0.766. The minimum atomic E-state index is -5.08. The second kappa shape index (κ2) is 9.49. The van der Waals surface area contributed by atoms with Crippen LogP contribution in [0.25, 0.3) is 0 Å². The molecule has 172 valence electrons. The van der Waals surface area contributed by atoms with E-state index >= 15 is 0 Å². The van der Waals surface area contributed by atoms with Gasteiger partial charge in [0.1, 0.15) is 0 Å². The number of carboxylic acid groups (broad SMARTS) is 1. The molecule has 32 heavy (non-hydrogen) atoms. The van der Waals surface area contributed by atoms with Gasteiger partial charge in [-0.05, 0) is 56.0 Å². The molecule has 0 radical (unpaired) electrons. The van der Waals surface area contributed by atoms with Crippen molar-refractivity contribution in [3.05, 3.63) is 47.9 Å². The number of likely N-dealkylation sites (tertiary alicyclic amines) is 1. The van der Waals surface area contributed by atoms with Gasteiger partial charge in [0, 0.05) is 38.6 Å². The average Bonchev–Trinajstić information content (AvgIpc) is 3.04. The number of aliphatic carboxylic acids is 1. The molecule has 0 aromatic carbocycles. The number of aryl methyl sites for hydroxylation is 1. The lowest BCUT2D eigenvalue weighted by atomic mass is 9.78. The molecule has 0 aliphatic carbocycles. The zero-order chi connectivity index (χ0) is 23.4. The molecule has 1 N–H and O–H groups in total. The Bertz CT molecular complexity index is 940. The van der Waals surface area contributed by atoms with Crippen molar-refractivity contribution in [2.45, 2.75) is 38.9 Å². The van der Waals surface area contributed by atoms with Crippen LogP contribution in [0.4, 0.5) is 19.0 Å². The molecular formula is C21H24F3N5O3. The molecule has 2 saturated heterocycles. The number of piperidine rings is 1. The molecule has 2 aromatic rings. The van der Waals surface area contributed by atoms with Crippen molar-refractivity contribution in [2.24, 2.45) is 5.41 Å². The van der Waals surface area contributed by atoms with Gasteiger partial charge in [0.2, 0.25) is 5.91 Å². The van der Waals surface area contributed by atoms with E-state index in [4.69, 9.17) is 9.90 Å². The fourth-order valence-corrected chi connectivity index (χ4v) is 4.02. The summed E-state index contributed by atoms with van der Waals surface area (Å²) in [5.74, 6) is -1.59. The number of alkyl halides is 3. The van der Waals surface area contributed by atoms with Gasteiger partial charge in [0.05, 0.1) is 11.1 Å². The van der Waals surface area contributed by atoms with Gasteiger partial charge in [-0.3, -0.25) is 9.78 Å². The number of amides is 1. The summed E-state index contributed by atoms with van der Waals surface area (Å²) >= 11 is 0. The van der Waals surface area contributed by atoms with E-state index in [1.807, 2.05) is 36.1 Å². The van der Waals surface area contributed by atoms with Crippen molar-refractivity contribution in [1.29, 1.82) is 0 Å². The van der Waals surface area contributed by atoms with Gasteiger partial charge in [-0.1, -0.05) is 0 Å². The van der Waals surface area contributed by atoms with Gasteiger partial charge >= 0.3 is 12.1 Å². The van der Waals surface area contributed by atoms with Crippen LogP contribution in [-0.4, -0.2) is 62.9 Å². The summed E-state index contributed by atoms with van der Waals surface area (Å²) in [6, 6.07) is 7.95. The van der Waals surface area contributed by atoms with Crippen molar-refractivity contribution < 1.29 is 27.9 Å². The van der Waals surface area contributed by atoms with E-state index in [1.165, 1.54) is 0 Å². The largest absolute Gasteiger partial charge is 0.490 e. The van der Waals surface area contributed by atoms with Gasteiger partial charge < -0.3 is 14.9 Å². The third-order valence-corrected chi connectivity index (χ3v) is 5.65. The number of carbonyl (C=O) groups is 2. The van der Waals surface area contributed by atoms with E-state index < -0.39 is 12.1 Å². The summed E-state index contributed by atoms with van der Waals surface area (Å²) in [6.45, 7) is 5.13. The predicted molar refractivity (Wildman–Crippen MR) is 109 cm³/mol. The zero-order valence-electron chi connectivity index (χ0n) is 17.5. The molecule has 1 atom stereocenters. The number of hydrogen-bond donors (Lipinski definition) is 1. The van der Waals surface area contributed by atoms with Crippen LogP contribution in [0.3, 0.4) is 0 Å². The van der Waals surface area contributed by atoms with Gasteiger partial charge in [-0.25, -0.2) is 4.79 Å². The van der Waals surface area contributed by atoms with Crippen LogP contribution in [0.2, 0.25) is 0 Å². The van der Waals surface area contributed by atoms with E-state index in [-0.39, 0.29) is 11.3 Å². The fourth-order valence-electron chi connectivity index (χ4n) is 4.02. The zero-order valence-corrected chi connectivity index (χ0v) is 17.5. The second-order valence-electron chi connectivity index (χ2n) is 7.97. The first kappa shape index (κ1) is 23.4. The molecule has 1 amide bonds. The number of pyridine rings is 1. The van der Waals surface area contributed by atoms with Crippen LogP contribution in [0.15, 0.2) is 36.7 Å². The normalized spacial score (nSPS) is 20.8. The Hall–Kier alpha value is -3.24. The van der Waals surface area contributed by atoms with Crippen LogP contribution in [0, 0.1) is 12.3 Å². The Morgan fingerprint density at radius 3 is 2.41 bits per heavy atom. The maximum absolute atomic E-state index is 13.2. The van der Waals surface area contributed by atoms with Crippen molar-refractivity contribution in [3.63, 3.8) is 0 Å². The maximum Gasteiger partial charge on any atom is 0.490 e. The number of hydrogen-bond acceptors (Lipinski definition) is 6. The Balaban J connectivity index is 0.000000360. The van der Waals surface area contributed by atoms with Crippen molar-refractivity contribution in [3.8, 4) is 0 Å². The van der Waals surface area contributed by atoms with Gasteiger partial charge in [0.15, 0.2) is 5.82 Å². The first-order valence-corrected chi connectivity index (χ1v) is 10.1. The van der Waals surface area contributed by atoms with E-state index in [1.54, 1.807) is 12.4 Å².